The lowest BCUT2D eigenvalue weighted by molar-refractivity contribution is 0.448. The Kier molecular flexibility index (Phi) is 8.72. The summed E-state index contributed by atoms with van der Waals surface area (Å²) < 4.78 is 25.6. The predicted molar refractivity (Wildman–Crippen MR) is 124 cm³/mol. The van der Waals surface area contributed by atoms with E-state index in [-0.39, 0.29) is 5.56 Å². The molecule has 0 aliphatic heterocycles. The number of hydrogen-bond acceptors (Lipinski definition) is 2. The summed E-state index contributed by atoms with van der Waals surface area (Å²) in [7, 11) is 0. The van der Waals surface area contributed by atoms with E-state index in [0.717, 1.165) is 12.1 Å². The smallest absolute Gasteiger partial charge is 0.133 e. The van der Waals surface area contributed by atoms with Crippen molar-refractivity contribution in [3.8, 4) is 11.3 Å². The zero-order chi connectivity index (χ0) is 23.0. The SMILES string of the molecule is C=C(C)c1c(F)cccc1F.CC.CCC1(CCc2[nH]ncc2-c2[nH]ncc2C)CC1. The second-order valence-corrected chi connectivity index (χ2v) is 7.92. The van der Waals surface area contributed by atoms with E-state index in [1.807, 2.05) is 26.2 Å². The van der Waals surface area contributed by atoms with Gasteiger partial charge in [-0.1, -0.05) is 39.8 Å². The van der Waals surface area contributed by atoms with E-state index in [9.17, 15) is 8.78 Å². The van der Waals surface area contributed by atoms with Crippen LogP contribution in [0.25, 0.3) is 16.8 Å². The Balaban J connectivity index is 0.000000226. The van der Waals surface area contributed by atoms with E-state index in [2.05, 4.69) is 40.8 Å². The van der Waals surface area contributed by atoms with Gasteiger partial charge in [0.2, 0.25) is 0 Å². The first-order valence-corrected chi connectivity index (χ1v) is 11.0. The zero-order valence-electron chi connectivity index (χ0n) is 19.3. The van der Waals surface area contributed by atoms with Crippen LogP contribution in [0, 0.1) is 24.0 Å². The summed E-state index contributed by atoms with van der Waals surface area (Å²) in [5.74, 6) is -1.12. The number of aromatic nitrogens is 4. The van der Waals surface area contributed by atoms with E-state index < -0.39 is 11.6 Å². The second-order valence-electron chi connectivity index (χ2n) is 7.92. The Morgan fingerprint density at radius 1 is 1.10 bits per heavy atom. The van der Waals surface area contributed by atoms with Crippen molar-refractivity contribution in [2.45, 2.75) is 66.7 Å². The largest absolute Gasteiger partial charge is 0.282 e. The van der Waals surface area contributed by atoms with Crippen LogP contribution in [0.1, 0.15) is 70.2 Å². The summed E-state index contributed by atoms with van der Waals surface area (Å²) in [4.78, 5) is 0. The number of nitrogens with one attached hydrogen (secondary N) is 2. The maximum atomic E-state index is 12.8. The topological polar surface area (TPSA) is 57.4 Å². The van der Waals surface area contributed by atoms with Gasteiger partial charge in [0.15, 0.2) is 0 Å². The van der Waals surface area contributed by atoms with Crippen molar-refractivity contribution >= 4 is 5.57 Å². The average molecular weight is 429 g/mol. The van der Waals surface area contributed by atoms with Gasteiger partial charge < -0.3 is 0 Å². The lowest BCUT2D eigenvalue weighted by Crippen LogP contribution is -2.01. The van der Waals surface area contributed by atoms with Crippen LogP contribution in [0.5, 0.6) is 0 Å². The van der Waals surface area contributed by atoms with Gasteiger partial charge in [0.05, 0.1) is 18.1 Å². The van der Waals surface area contributed by atoms with Crippen molar-refractivity contribution in [1.82, 2.24) is 20.4 Å². The lowest BCUT2D eigenvalue weighted by Gasteiger charge is -2.11. The number of rotatable bonds is 6. The van der Waals surface area contributed by atoms with Crippen molar-refractivity contribution in [3.05, 3.63) is 65.6 Å². The van der Waals surface area contributed by atoms with Gasteiger partial charge >= 0.3 is 0 Å². The highest BCUT2D eigenvalue weighted by Crippen LogP contribution is 2.52. The highest BCUT2D eigenvalue weighted by molar-refractivity contribution is 5.64. The molecular formula is C25H34F2N4. The van der Waals surface area contributed by atoms with E-state index >= 15 is 0 Å². The number of hydrogen-bond donors (Lipinski definition) is 2. The van der Waals surface area contributed by atoms with E-state index in [0.29, 0.717) is 11.0 Å². The third-order valence-corrected chi connectivity index (χ3v) is 5.82. The van der Waals surface area contributed by atoms with Gasteiger partial charge in [-0.2, -0.15) is 10.2 Å². The first-order valence-electron chi connectivity index (χ1n) is 11.0. The molecule has 6 heteroatoms. The van der Waals surface area contributed by atoms with E-state index in [1.165, 1.54) is 60.7 Å². The van der Waals surface area contributed by atoms with Crippen LogP contribution in [0.15, 0.2) is 37.2 Å². The van der Waals surface area contributed by atoms with Crippen molar-refractivity contribution < 1.29 is 8.78 Å². The van der Waals surface area contributed by atoms with E-state index in [4.69, 9.17) is 0 Å². The molecule has 0 radical (unpaired) electrons. The number of halogens is 2. The number of H-pyrrole nitrogens is 2. The maximum Gasteiger partial charge on any atom is 0.133 e. The highest BCUT2D eigenvalue weighted by atomic mass is 19.1. The molecule has 1 aromatic carbocycles. The predicted octanol–water partition coefficient (Wildman–Crippen LogP) is 7.26. The molecule has 4 nitrogen and oxygen atoms in total. The van der Waals surface area contributed by atoms with Crippen LogP contribution in [0.2, 0.25) is 0 Å². The van der Waals surface area contributed by atoms with Crippen molar-refractivity contribution in [2.75, 3.05) is 0 Å². The summed E-state index contributed by atoms with van der Waals surface area (Å²) in [5.41, 5.74) is 5.70. The summed E-state index contributed by atoms with van der Waals surface area (Å²) in [6.07, 6.45) is 10.2. The number of benzene rings is 1. The Morgan fingerprint density at radius 2 is 1.71 bits per heavy atom. The Hall–Kier alpha value is -2.76. The molecule has 4 rings (SSSR count). The van der Waals surface area contributed by atoms with Gasteiger partial charge in [-0.15, -0.1) is 0 Å². The molecule has 2 aromatic heterocycles. The molecule has 1 aliphatic carbocycles. The molecule has 0 spiro atoms. The molecule has 2 heterocycles. The van der Waals surface area contributed by atoms with Crippen molar-refractivity contribution in [1.29, 1.82) is 0 Å². The summed E-state index contributed by atoms with van der Waals surface area (Å²) in [5, 5.41) is 14.5. The van der Waals surface area contributed by atoms with Gasteiger partial charge in [0, 0.05) is 16.8 Å². The zero-order valence-corrected chi connectivity index (χ0v) is 19.3. The minimum absolute atomic E-state index is 0.0208. The highest BCUT2D eigenvalue weighted by Gasteiger charge is 2.40. The number of aromatic amines is 2. The molecule has 3 aromatic rings. The molecule has 1 fully saturated rings. The summed E-state index contributed by atoms with van der Waals surface area (Å²) in [6, 6.07) is 3.76. The molecule has 0 bridgehead atoms. The minimum atomic E-state index is -0.558. The van der Waals surface area contributed by atoms with Crippen LogP contribution in [0.4, 0.5) is 8.78 Å². The number of aryl methyl sites for hydroxylation is 2. The molecule has 2 N–H and O–H groups in total. The fourth-order valence-corrected chi connectivity index (χ4v) is 3.59. The van der Waals surface area contributed by atoms with Crippen molar-refractivity contribution in [2.24, 2.45) is 5.41 Å². The van der Waals surface area contributed by atoms with Gasteiger partial charge in [0.1, 0.15) is 11.6 Å². The van der Waals surface area contributed by atoms with E-state index in [1.54, 1.807) is 6.92 Å². The average Bonchev–Trinajstić information content (AvgIpc) is 3.17. The number of allylic oxidation sites excluding steroid dienone is 1. The lowest BCUT2D eigenvalue weighted by atomic mass is 9.94. The Morgan fingerprint density at radius 3 is 2.16 bits per heavy atom. The van der Waals surface area contributed by atoms with Crippen LogP contribution < -0.4 is 0 Å². The van der Waals surface area contributed by atoms with Gasteiger partial charge in [-0.3, -0.25) is 10.2 Å². The standard InChI is InChI=1S/C14H20N4.C9H8F2.C2H6/c1-3-14(6-7-14)5-4-12-11(9-16-17-12)13-10(2)8-15-18-13;1-6(2)9-7(10)4-3-5-8(9)11;1-2/h8-9H,3-7H2,1-2H3,(H,15,18)(H,16,17);3-5H,1H2,2H3;1-2H3. The fourth-order valence-electron chi connectivity index (χ4n) is 3.59. The van der Waals surface area contributed by atoms with Crippen LogP contribution in [-0.2, 0) is 6.42 Å². The second kappa shape index (κ2) is 11.0. The van der Waals surface area contributed by atoms with Crippen LogP contribution in [0.3, 0.4) is 0 Å². The van der Waals surface area contributed by atoms with Crippen LogP contribution >= 0.6 is 0 Å². The summed E-state index contributed by atoms with van der Waals surface area (Å²) >= 11 is 0. The molecule has 1 saturated carbocycles. The maximum absolute atomic E-state index is 12.8. The molecule has 1 aliphatic rings. The molecule has 168 valence electrons. The summed E-state index contributed by atoms with van der Waals surface area (Å²) in [6.45, 7) is 13.4. The molecule has 0 atom stereocenters. The third-order valence-electron chi connectivity index (χ3n) is 5.82. The Bertz CT molecular complexity index is 963. The van der Waals surface area contributed by atoms with Gasteiger partial charge in [-0.25, -0.2) is 8.78 Å². The molecule has 31 heavy (non-hydrogen) atoms. The first kappa shape index (κ1) is 24.5. The quantitative estimate of drug-likeness (QED) is 0.434. The fraction of sp³-hybridized carbons (Fsp3) is 0.440. The first-order chi connectivity index (χ1) is 14.9. The molecule has 0 saturated heterocycles. The third kappa shape index (κ3) is 6.12. The van der Waals surface area contributed by atoms with Gasteiger partial charge in [0.25, 0.3) is 0 Å². The minimum Gasteiger partial charge on any atom is -0.282 e. The molecule has 0 unspecified atom stereocenters. The van der Waals surface area contributed by atoms with Crippen molar-refractivity contribution in [3.63, 3.8) is 0 Å². The molecular weight excluding hydrogens is 394 g/mol. The number of nitrogens with zero attached hydrogens (tertiary/aromatic N) is 2. The molecule has 0 amide bonds. The van der Waals surface area contributed by atoms with Crippen LogP contribution in [-0.4, -0.2) is 20.4 Å². The monoisotopic (exact) mass is 428 g/mol. The normalized spacial score (nSPS) is 13.5. The van der Waals surface area contributed by atoms with Gasteiger partial charge in [-0.05, 0) is 68.2 Å². The Labute approximate surface area is 184 Å².